The fraction of sp³-hybridized carbons (Fsp3) is 0.536. The van der Waals surface area contributed by atoms with Crippen molar-refractivity contribution in [2.75, 3.05) is 44.9 Å². The van der Waals surface area contributed by atoms with Gasteiger partial charge in [0.15, 0.2) is 0 Å². The van der Waals surface area contributed by atoms with Gasteiger partial charge < -0.3 is 28.4 Å². The molecule has 1 fully saturated rings. The highest BCUT2D eigenvalue weighted by molar-refractivity contribution is 5.68. The van der Waals surface area contributed by atoms with Gasteiger partial charge in [-0.25, -0.2) is 0 Å². The van der Waals surface area contributed by atoms with Gasteiger partial charge in [0.05, 0.1) is 24.5 Å². The van der Waals surface area contributed by atoms with E-state index in [4.69, 9.17) is 18.4 Å². The molecule has 2 atom stereocenters. The van der Waals surface area contributed by atoms with Crippen LogP contribution in [-0.2, 0) is 22.6 Å². The average molecular weight is 498 g/mol. The maximum absolute atomic E-state index is 10.8. The van der Waals surface area contributed by atoms with Crippen molar-refractivity contribution in [1.29, 1.82) is 0 Å². The summed E-state index contributed by atoms with van der Waals surface area (Å²) in [5.74, 6) is 1.60. The third-order valence-electron chi connectivity index (χ3n) is 6.69. The number of benzene rings is 1. The Hall–Kier alpha value is -2.65. The number of aliphatic hydroxyl groups excluding tert-OH is 1. The van der Waals surface area contributed by atoms with Gasteiger partial charge >= 0.3 is 0 Å². The normalized spacial score (nSPS) is 17.1. The Balaban J connectivity index is 1.52. The van der Waals surface area contributed by atoms with E-state index in [1.807, 2.05) is 30.3 Å². The Kier molecular flexibility index (Phi) is 9.98. The number of piperidine rings is 1. The average Bonchev–Trinajstić information content (AvgIpc) is 3.55. The predicted molar refractivity (Wildman–Crippen MR) is 139 cm³/mol. The van der Waals surface area contributed by atoms with Crippen LogP contribution in [0.3, 0.4) is 0 Å². The van der Waals surface area contributed by atoms with Crippen LogP contribution < -0.4 is 4.90 Å². The molecule has 0 unspecified atom stereocenters. The molecule has 0 radical (unpaired) electrons. The van der Waals surface area contributed by atoms with E-state index in [0.717, 1.165) is 60.8 Å². The van der Waals surface area contributed by atoms with Crippen molar-refractivity contribution in [1.82, 2.24) is 10.1 Å². The van der Waals surface area contributed by atoms with E-state index in [-0.39, 0.29) is 6.61 Å². The Bertz CT molecular complexity index is 1010. The van der Waals surface area contributed by atoms with Gasteiger partial charge in [-0.2, -0.15) is 0 Å². The van der Waals surface area contributed by atoms with Crippen molar-refractivity contribution in [2.45, 2.75) is 57.9 Å². The largest absolute Gasteiger partial charge is 0.467 e. The molecule has 0 saturated carbocycles. The first-order valence-corrected chi connectivity index (χ1v) is 13.0. The molecule has 0 aliphatic carbocycles. The molecular weight excluding hydrogens is 458 g/mol. The molecule has 4 rings (SSSR count). The first kappa shape index (κ1) is 26.4. The van der Waals surface area contributed by atoms with E-state index in [1.54, 1.807) is 13.4 Å². The number of aromatic nitrogens is 1. The zero-order chi connectivity index (χ0) is 25.2. The first-order chi connectivity index (χ1) is 17.7. The molecule has 2 aromatic heterocycles. The van der Waals surface area contributed by atoms with Gasteiger partial charge in [-0.05, 0) is 44.7 Å². The highest BCUT2D eigenvalue weighted by atomic mass is 16.5. The predicted octanol–water partition coefficient (Wildman–Crippen LogP) is 4.73. The number of aliphatic hydroxyl groups is 1. The van der Waals surface area contributed by atoms with Crippen LogP contribution in [0.15, 0.2) is 57.7 Å². The summed E-state index contributed by atoms with van der Waals surface area (Å²) in [6.07, 6.45) is 5.37. The lowest BCUT2D eigenvalue weighted by Gasteiger charge is -2.34. The van der Waals surface area contributed by atoms with E-state index in [1.165, 1.54) is 6.42 Å². The van der Waals surface area contributed by atoms with Crippen LogP contribution in [0.2, 0.25) is 0 Å². The molecule has 8 heteroatoms. The van der Waals surface area contributed by atoms with Gasteiger partial charge in [-0.3, -0.25) is 4.90 Å². The van der Waals surface area contributed by atoms with Gasteiger partial charge in [0.2, 0.25) is 5.88 Å². The third kappa shape index (κ3) is 7.20. The molecule has 0 amide bonds. The number of nitrogens with zero attached hydrogens (tertiary/aromatic N) is 3. The van der Waals surface area contributed by atoms with Gasteiger partial charge in [-0.15, -0.1) is 0 Å². The van der Waals surface area contributed by atoms with E-state index in [0.29, 0.717) is 32.3 Å². The van der Waals surface area contributed by atoms with Crippen LogP contribution in [-0.4, -0.2) is 67.3 Å². The molecule has 8 nitrogen and oxygen atoms in total. The molecule has 1 aliphatic heterocycles. The Morgan fingerprint density at radius 3 is 2.81 bits per heavy atom. The SMILES string of the molecule is COCCCN(Cc1c(-c2ccccc2)noc1N1CCCC[C@@H]1C)C[C@@H](O)COCc1ccco1. The zero-order valence-electron chi connectivity index (χ0n) is 21.5. The van der Waals surface area contributed by atoms with Gasteiger partial charge in [0, 0.05) is 51.5 Å². The molecule has 1 saturated heterocycles. The number of rotatable bonds is 14. The number of anilines is 1. The second-order valence-corrected chi connectivity index (χ2v) is 9.55. The fourth-order valence-corrected chi connectivity index (χ4v) is 4.82. The molecule has 3 aromatic rings. The minimum absolute atomic E-state index is 0.229. The Morgan fingerprint density at radius 2 is 2.06 bits per heavy atom. The van der Waals surface area contributed by atoms with Crippen molar-refractivity contribution in [2.24, 2.45) is 0 Å². The van der Waals surface area contributed by atoms with Crippen LogP contribution in [0.1, 0.15) is 43.9 Å². The molecule has 0 bridgehead atoms. The smallest absolute Gasteiger partial charge is 0.232 e. The number of ether oxygens (including phenoxy) is 2. The van der Waals surface area contributed by atoms with Crippen LogP contribution in [0.4, 0.5) is 5.88 Å². The van der Waals surface area contributed by atoms with Crippen molar-refractivity contribution in [3.8, 4) is 11.3 Å². The second kappa shape index (κ2) is 13.6. The Morgan fingerprint density at radius 1 is 1.19 bits per heavy atom. The maximum atomic E-state index is 10.8. The maximum Gasteiger partial charge on any atom is 0.232 e. The highest BCUT2D eigenvalue weighted by Gasteiger charge is 2.29. The van der Waals surface area contributed by atoms with Gasteiger partial charge in [0.1, 0.15) is 18.1 Å². The zero-order valence-corrected chi connectivity index (χ0v) is 21.5. The van der Waals surface area contributed by atoms with E-state index < -0.39 is 6.10 Å². The van der Waals surface area contributed by atoms with Crippen molar-refractivity contribution >= 4 is 5.88 Å². The topological polar surface area (TPSA) is 84.3 Å². The van der Waals surface area contributed by atoms with Crippen LogP contribution >= 0.6 is 0 Å². The lowest BCUT2D eigenvalue weighted by atomic mass is 10.0. The van der Waals surface area contributed by atoms with Crippen molar-refractivity contribution < 1.29 is 23.5 Å². The highest BCUT2D eigenvalue weighted by Crippen LogP contribution is 2.35. The number of hydrogen-bond acceptors (Lipinski definition) is 8. The van der Waals surface area contributed by atoms with E-state index in [2.05, 4.69) is 34.0 Å². The van der Waals surface area contributed by atoms with Gasteiger partial charge in [-0.1, -0.05) is 35.5 Å². The molecule has 1 N–H and O–H groups in total. The molecule has 1 aliphatic rings. The summed E-state index contributed by atoms with van der Waals surface area (Å²) in [4.78, 5) is 4.60. The second-order valence-electron chi connectivity index (χ2n) is 9.55. The quantitative estimate of drug-likeness (QED) is 0.320. The van der Waals surface area contributed by atoms with E-state index in [9.17, 15) is 5.11 Å². The molecule has 36 heavy (non-hydrogen) atoms. The lowest BCUT2D eigenvalue weighted by Crippen LogP contribution is -2.39. The summed E-state index contributed by atoms with van der Waals surface area (Å²) in [6.45, 7) is 6.31. The van der Waals surface area contributed by atoms with Crippen LogP contribution in [0, 0.1) is 0 Å². The number of hydrogen-bond donors (Lipinski definition) is 1. The monoisotopic (exact) mass is 497 g/mol. The summed E-state index contributed by atoms with van der Waals surface area (Å²) in [6, 6.07) is 14.3. The minimum atomic E-state index is -0.639. The lowest BCUT2D eigenvalue weighted by molar-refractivity contribution is 0.00282. The van der Waals surface area contributed by atoms with Gasteiger partial charge in [0.25, 0.3) is 0 Å². The summed E-state index contributed by atoms with van der Waals surface area (Å²) >= 11 is 0. The first-order valence-electron chi connectivity index (χ1n) is 13.0. The molecule has 3 heterocycles. The third-order valence-corrected chi connectivity index (χ3v) is 6.69. The summed E-state index contributed by atoms with van der Waals surface area (Å²) in [5, 5.41) is 15.3. The van der Waals surface area contributed by atoms with Crippen LogP contribution in [0.5, 0.6) is 0 Å². The van der Waals surface area contributed by atoms with Crippen molar-refractivity contribution in [3.63, 3.8) is 0 Å². The van der Waals surface area contributed by atoms with Crippen LogP contribution in [0.25, 0.3) is 11.3 Å². The fourth-order valence-electron chi connectivity index (χ4n) is 4.82. The van der Waals surface area contributed by atoms with E-state index >= 15 is 0 Å². The number of methoxy groups -OCH3 is 1. The minimum Gasteiger partial charge on any atom is -0.467 e. The molecule has 196 valence electrons. The molecular formula is C28H39N3O5. The summed E-state index contributed by atoms with van der Waals surface area (Å²) < 4.78 is 22.3. The standard InChI is InChI=1S/C28H39N3O5/c1-22-10-6-7-15-31(22)28-26(27(29-36-28)23-11-4-3-5-12-23)19-30(14-9-16-33-2)18-24(32)20-34-21-25-13-8-17-35-25/h3-5,8,11-13,17,22,24,32H,6-7,9-10,14-16,18-21H2,1-2H3/t22-,24+/m0/s1. The Labute approximate surface area is 213 Å². The summed E-state index contributed by atoms with van der Waals surface area (Å²) in [5.41, 5.74) is 2.96. The summed E-state index contributed by atoms with van der Waals surface area (Å²) in [7, 11) is 1.71. The number of furan rings is 1. The molecule has 1 aromatic carbocycles. The molecule has 0 spiro atoms. The van der Waals surface area contributed by atoms with Crippen molar-refractivity contribution in [3.05, 3.63) is 60.1 Å².